The van der Waals surface area contributed by atoms with Crippen LogP contribution < -0.4 is 5.56 Å². The monoisotopic (exact) mass is 447 g/mol. The highest BCUT2D eigenvalue weighted by Gasteiger charge is 2.34. The molecule has 0 aliphatic carbocycles. The lowest BCUT2D eigenvalue weighted by Crippen LogP contribution is -2.30. The van der Waals surface area contributed by atoms with Crippen molar-refractivity contribution in [3.05, 3.63) is 99.8 Å². The van der Waals surface area contributed by atoms with Crippen LogP contribution in [0.25, 0.3) is 22.3 Å². The van der Waals surface area contributed by atoms with Gasteiger partial charge >= 0.3 is 0 Å². The number of rotatable bonds is 5. The van der Waals surface area contributed by atoms with Crippen LogP contribution in [0.5, 0.6) is 0 Å². The van der Waals surface area contributed by atoms with Gasteiger partial charge in [0.2, 0.25) is 0 Å². The number of carbonyl (C=O) groups excluding carboxylic acids is 2. The van der Waals surface area contributed by atoms with E-state index in [1.807, 2.05) is 42.5 Å². The summed E-state index contributed by atoms with van der Waals surface area (Å²) >= 11 is 0. The third-order valence-corrected chi connectivity index (χ3v) is 5.83. The molecule has 0 spiro atoms. The average Bonchev–Trinajstić information content (AvgIpc) is 3.11. The molecule has 0 atom stereocenters. The summed E-state index contributed by atoms with van der Waals surface area (Å²) in [5.41, 5.74) is 2.95. The third-order valence-electron chi connectivity index (χ3n) is 5.83. The van der Waals surface area contributed by atoms with Gasteiger partial charge in [-0.2, -0.15) is 0 Å². The molecule has 1 N–H and O–H groups in total. The number of nitrogens with zero attached hydrogens (tertiary/aromatic N) is 2. The number of unbranched alkanes of at least 4 members (excludes halogenated alkanes) is 2. The van der Waals surface area contributed by atoms with Crippen LogP contribution in [0.15, 0.2) is 77.6 Å². The molecule has 2 heterocycles. The van der Waals surface area contributed by atoms with Gasteiger partial charge in [-0.25, -0.2) is 4.98 Å². The van der Waals surface area contributed by atoms with Crippen molar-refractivity contribution in [2.24, 2.45) is 0 Å². The number of benzene rings is 3. The van der Waals surface area contributed by atoms with Gasteiger partial charge < -0.3 is 4.98 Å². The molecular formula is C28H21N3O3. The summed E-state index contributed by atoms with van der Waals surface area (Å²) in [7, 11) is 0. The Morgan fingerprint density at radius 1 is 0.765 bits per heavy atom. The van der Waals surface area contributed by atoms with Crippen LogP contribution in [-0.4, -0.2) is 33.2 Å². The number of amides is 2. The van der Waals surface area contributed by atoms with E-state index in [1.165, 1.54) is 4.90 Å². The van der Waals surface area contributed by atoms with Gasteiger partial charge in [-0.15, -0.1) is 0 Å². The molecule has 4 aromatic rings. The molecular weight excluding hydrogens is 426 g/mol. The molecule has 34 heavy (non-hydrogen) atoms. The third kappa shape index (κ3) is 4.00. The smallest absolute Gasteiger partial charge is 0.261 e. The van der Waals surface area contributed by atoms with Gasteiger partial charge in [-0.1, -0.05) is 48.2 Å². The SMILES string of the molecule is O=C1c2ccccc2C(=O)N1CCCCC#Cc1ccccc1-c1nc2ccccc2c(=O)[nH]1. The highest BCUT2D eigenvalue weighted by molar-refractivity contribution is 6.21. The zero-order chi connectivity index (χ0) is 23.5. The minimum atomic E-state index is -0.225. The number of hydrogen-bond donors (Lipinski definition) is 1. The second-order valence-corrected chi connectivity index (χ2v) is 8.04. The molecule has 0 unspecified atom stereocenters. The predicted octanol–water partition coefficient (Wildman–Crippen LogP) is 4.41. The maximum absolute atomic E-state index is 12.5. The fraction of sp³-hybridized carbons (Fsp3) is 0.143. The van der Waals surface area contributed by atoms with Crippen molar-refractivity contribution in [1.82, 2.24) is 14.9 Å². The van der Waals surface area contributed by atoms with Crippen molar-refractivity contribution < 1.29 is 9.59 Å². The first kappa shape index (κ1) is 21.4. The first-order valence-electron chi connectivity index (χ1n) is 11.2. The minimum Gasteiger partial charge on any atom is -0.306 e. The molecule has 2 amide bonds. The second kappa shape index (κ2) is 9.16. The molecule has 1 aliphatic heterocycles. The lowest BCUT2D eigenvalue weighted by Gasteiger charge is -2.12. The topological polar surface area (TPSA) is 83.1 Å². The minimum absolute atomic E-state index is 0.184. The number of hydrogen-bond acceptors (Lipinski definition) is 4. The molecule has 0 fully saturated rings. The maximum Gasteiger partial charge on any atom is 0.261 e. The van der Waals surface area contributed by atoms with Gasteiger partial charge in [-0.3, -0.25) is 19.3 Å². The van der Waals surface area contributed by atoms with Crippen molar-refractivity contribution in [3.8, 4) is 23.2 Å². The quantitative estimate of drug-likeness (QED) is 0.279. The first-order chi connectivity index (χ1) is 16.6. The molecule has 5 rings (SSSR count). The summed E-state index contributed by atoms with van der Waals surface area (Å²) in [6.07, 6.45) is 2.06. The highest BCUT2D eigenvalue weighted by atomic mass is 16.2. The molecule has 6 heteroatoms. The lowest BCUT2D eigenvalue weighted by atomic mass is 10.1. The van der Waals surface area contributed by atoms with Gasteiger partial charge in [-0.05, 0) is 49.2 Å². The van der Waals surface area contributed by atoms with Crippen LogP contribution in [0.3, 0.4) is 0 Å². The maximum atomic E-state index is 12.5. The van der Waals surface area contributed by atoms with Crippen LogP contribution >= 0.6 is 0 Å². The number of aromatic nitrogens is 2. The molecule has 3 aromatic carbocycles. The summed E-state index contributed by atoms with van der Waals surface area (Å²) in [6.45, 7) is 0.382. The largest absolute Gasteiger partial charge is 0.306 e. The summed E-state index contributed by atoms with van der Waals surface area (Å²) in [4.78, 5) is 46.1. The van der Waals surface area contributed by atoms with Crippen LogP contribution in [0, 0.1) is 11.8 Å². The molecule has 1 aromatic heterocycles. The van der Waals surface area contributed by atoms with Crippen LogP contribution in [0.1, 0.15) is 45.5 Å². The number of aromatic amines is 1. The number of nitrogens with one attached hydrogen (secondary N) is 1. The van der Waals surface area contributed by atoms with E-state index in [0.717, 1.165) is 17.5 Å². The lowest BCUT2D eigenvalue weighted by molar-refractivity contribution is 0.0652. The standard InChI is InChI=1S/C28H21N3O3/c32-26-23-16-8-9-17-24(23)29-25(30-26)20-13-5-4-12-19(20)11-3-1-2-10-18-31-27(33)21-14-6-7-15-22(21)28(31)34/h4-9,12-17H,1-2,10,18H2,(H,29,30,32). The van der Waals surface area contributed by atoms with Crippen LogP contribution in [0.2, 0.25) is 0 Å². The fourth-order valence-electron chi connectivity index (χ4n) is 4.10. The molecule has 0 bridgehead atoms. The fourth-order valence-corrected chi connectivity index (χ4v) is 4.10. The van der Waals surface area contributed by atoms with Crippen molar-refractivity contribution in [2.75, 3.05) is 6.54 Å². The number of fused-ring (bicyclic) bond motifs is 2. The van der Waals surface area contributed by atoms with E-state index in [-0.39, 0.29) is 17.4 Å². The van der Waals surface area contributed by atoms with Gasteiger partial charge in [0.1, 0.15) is 5.82 Å². The summed E-state index contributed by atoms with van der Waals surface area (Å²) < 4.78 is 0. The Kier molecular flexibility index (Phi) is 5.75. The Morgan fingerprint density at radius 2 is 1.41 bits per heavy atom. The second-order valence-electron chi connectivity index (χ2n) is 8.04. The van der Waals surface area contributed by atoms with E-state index in [0.29, 0.717) is 47.2 Å². The zero-order valence-electron chi connectivity index (χ0n) is 18.4. The first-order valence-corrected chi connectivity index (χ1v) is 11.2. The van der Waals surface area contributed by atoms with E-state index >= 15 is 0 Å². The van der Waals surface area contributed by atoms with E-state index < -0.39 is 0 Å². The summed E-state index contributed by atoms with van der Waals surface area (Å²) in [5, 5.41) is 0.549. The van der Waals surface area contributed by atoms with Crippen molar-refractivity contribution >= 4 is 22.7 Å². The molecule has 1 aliphatic rings. The van der Waals surface area contributed by atoms with Crippen LogP contribution in [-0.2, 0) is 0 Å². The van der Waals surface area contributed by atoms with E-state index in [2.05, 4.69) is 21.8 Å². The molecule has 6 nitrogen and oxygen atoms in total. The number of para-hydroxylation sites is 1. The van der Waals surface area contributed by atoms with Crippen molar-refractivity contribution in [2.45, 2.75) is 19.3 Å². The average molecular weight is 447 g/mol. The molecule has 166 valence electrons. The number of H-pyrrole nitrogens is 1. The van der Waals surface area contributed by atoms with E-state index in [9.17, 15) is 14.4 Å². The van der Waals surface area contributed by atoms with Crippen molar-refractivity contribution in [1.29, 1.82) is 0 Å². The number of imide groups is 1. The van der Waals surface area contributed by atoms with Crippen molar-refractivity contribution in [3.63, 3.8) is 0 Å². The zero-order valence-corrected chi connectivity index (χ0v) is 18.4. The van der Waals surface area contributed by atoms with Crippen LogP contribution in [0.4, 0.5) is 0 Å². The molecule has 0 radical (unpaired) electrons. The summed E-state index contributed by atoms with van der Waals surface area (Å²) in [6, 6.07) is 21.7. The van der Waals surface area contributed by atoms with Gasteiger partial charge in [0.05, 0.1) is 22.0 Å². The Labute approximate surface area is 196 Å². The molecule has 0 saturated carbocycles. The van der Waals surface area contributed by atoms with Gasteiger partial charge in [0.25, 0.3) is 17.4 Å². The Hall–Kier alpha value is -4.50. The Balaban J connectivity index is 1.24. The Morgan fingerprint density at radius 3 is 2.18 bits per heavy atom. The predicted molar refractivity (Wildman–Crippen MR) is 130 cm³/mol. The van der Waals surface area contributed by atoms with Gasteiger partial charge in [0, 0.05) is 24.1 Å². The molecule has 0 saturated heterocycles. The Bertz CT molecular complexity index is 1510. The van der Waals surface area contributed by atoms with E-state index in [4.69, 9.17) is 0 Å². The summed E-state index contributed by atoms with van der Waals surface area (Å²) in [5.74, 6) is 6.39. The number of carbonyl (C=O) groups is 2. The highest BCUT2D eigenvalue weighted by Crippen LogP contribution is 2.23. The normalized spacial score (nSPS) is 12.5. The van der Waals surface area contributed by atoms with E-state index in [1.54, 1.807) is 30.3 Å². The van der Waals surface area contributed by atoms with Gasteiger partial charge in [0.15, 0.2) is 0 Å².